The van der Waals surface area contributed by atoms with Gasteiger partial charge in [-0.3, -0.25) is 0 Å². The Kier molecular flexibility index (Phi) is 2.77. The second-order valence-electron chi connectivity index (χ2n) is 1.65. The molecule has 0 aromatic carbocycles. The van der Waals surface area contributed by atoms with Crippen LogP contribution in [0.1, 0.15) is 6.92 Å². The molecule has 0 saturated heterocycles. The van der Waals surface area contributed by atoms with Crippen LogP contribution in [0.2, 0.25) is 0 Å². The van der Waals surface area contributed by atoms with Crippen molar-refractivity contribution in [2.24, 2.45) is 5.73 Å². The number of allylic oxidation sites excluding steroid dienone is 2. The Morgan fingerprint density at radius 1 is 1.75 bits per heavy atom. The smallest absolute Gasteiger partial charge is 0.0258 e. The summed E-state index contributed by atoms with van der Waals surface area (Å²) in [5.74, 6) is 0. The van der Waals surface area contributed by atoms with Crippen molar-refractivity contribution >= 4 is 0 Å². The van der Waals surface area contributed by atoms with Gasteiger partial charge in [-0.05, 0) is 13.0 Å². The number of rotatable bonds is 2. The molecule has 0 atom stereocenters. The molecular formula is C6H12N2. The highest BCUT2D eigenvalue weighted by molar-refractivity contribution is 5.14. The molecule has 0 radical (unpaired) electrons. The first-order valence-electron chi connectivity index (χ1n) is 2.47. The molecule has 2 heteroatoms. The summed E-state index contributed by atoms with van der Waals surface area (Å²) in [5, 5.41) is 2.92. The van der Waals surface area contributed by atoms with Crippen molar-refractivity contribution in [3.63, 3.8) is 0 Å². The van der Waals surface area contributed by atoms with Gasteiger partial charge >= 0.3 is 0 Å². The molecule has 0 aliphatic heterocycles. The molecule has 46 valence electrons. The highest BCUT2D eigenvalue weighted by Crippen LogP contribution is 1.87. The van der Waals surface area contributed by atoms with Gasteiger partial charge in [-0.15, -0.1) is 0 Å². The van der Waals surface area contributed by atoms with E-state index in [2.05, 4.69) is 11.9 Å². The zero-order valence-corrected chi connectivity index (χ0v) is 5.36. The molecule has 0 aromatic heterocycles. The van der Waals surface area contributed by atoms with Gasteiger partial charge in [0.15, 0.2) is 0 Å². The Bertz CT molecular complexity index is 114. The maximum atomic E-state index is 5.26. The lowest BCUT2D eigenvalue weighted by Crippen LogP contribution is -2.03. The molecule has 0 aromatic rings. The molecule has 0 bridgehead atoms. The van der Waals surface area contributed by atoms with E-state index in [0.717, 1.165) is 5.70 Å². The van der Waals surface area contributed by atoms with Crippen LogP contribution in [0.3, 0.4) is 0 Å². The van der Waals surface area contributed by atoms with E-state index in [1.54, 1.807) is 6.08 Å². The predicted molar refractivity (Wildman–Crippen MR) is 36.1 cm³/mol. The van der Waals surface area contributed by atoms with E-state index in [-0.39, 0.29) is 0 Å². The van der Waals surface area contributed by atoms with Crippen LogP contribution in [0, 0.1) is 0 Å². The lowest BCUT2D eigenvalue weighted by Gasteiger charge is -1.95. The summed E-state index contributed by atoms with van der Waals surface area (Å²) in [4.78, 5) is 0. The monoisotopic (exact) mass is 112 g/mol. The Morgan fingerprint density at radius 3 is 2.38 bits per heavy atom. The normalized spacial score (nSPS) is 11.0. The molecule has 0 spiro atoms. The minimum atomic E-state index is 0.580. The van der Waals surface area contributed by atoms with Crippen LogP contribution in [0.5, 0.6) is 0 Å². The van der Waals surface area contributed by atoms with Gasteiger partial charge in [0, 0.05) is 18.4 Å². The van der Waals surface area contributed by atoms with Crippen molar-refractivity contribution in [1.82, 2.24) is 5.32 Å². The third-order valence-corrected chi connectivity index (χ3v) is 0.796. The summed E-state index contributed by atoms with van der Waals surface area (Å²) in [7, 11) is 1.84. The second-order valence-corrected chi connectivity index (χ2v) is 1.65. The topological polar surface area (TPSA) is 38.0 Å². The Morgan fingerprint density at radius 2 is 2.25 bits per heavy atom. The Balaban J connectivity index is 3.75. The van der Waals surface area contributed by atoms with E-state index in [4.69, 9.17) is 5.73 Å². The molecule has 0 aliphatic rings. The second kappa shape index (κ2) is 3.13. The number of nitrogens with two attached hydrogens (primary N) is 1. The average Bonchev–Trinajstić information content (AvgIpc) is 1.65. The summed E-state index contributed by atoms with van der Waals surface area (Å²) in [6.07, 6.45) is 1.78. The lowest BCUT2D eigenvalue weighted by atomic mass is 10.4. The first-order chi connectivity index (χ1) is 3.66. The third-order valence-electron chi connectivity index (χ3n) is 0.796. The van der Waals surface area contributed by atoms with Gasteiger partial charge in [-0.2, -0.15) is 0 Å². The van der Waals surface area contributed by atoms with Crippen LogP contribution >= 0.6 is 0 Å². The molecule has 8 heavy (non-hydrogen) atoms. The number of nitrogens with one attached hydrogen (secondary N) is 1. The van der Waals surface area contributed by atoms with Crippen molar-refractivity contribution in [2.75, 3.05) is 7.05 Å². The highest BCUT2D eigenvalue weighted by Gasteiger charge is 1.79. The van der Waals surface area contributed by atoms with E-state index >= 15 is 0 Å². The van der Waals surface area contributed by atoms with E-state index < -0.39 is 0 Å². The van der Waals surface area contributed by atoms with Crippen molar-refractivity contribution in [2.45, 2.75) is 6.92 Å². The zero-order valence-electron chi connectivity index (χ0n) is 5.36. The minimum absolute atomic E-state index is 0.580. The largest absolute Gasteiger partial charge is 0.399 e. The van der Waals surface area contributed by atoms with E-state index in [9.17, 15) is 0 Å². The maximum absolute atomic E-state index is 5.26. The van der Waals surface area contributed by atoms with Gasteiger partial charge in [0.1, 0.15) is 0 Å². The quantitative estimate of drug-likeness (QED) is 0.513. The van der Waals surface area contributed by atoms with E-state index in [1.165, 1.54) is 0 Å². The SMILES string of the molecule is C=C(N)/C=C(/C)NC. The average molecular weight is 112 g/mol. The Hall–Kier alpha value is -0.920. The molecule has 0 amide bonds. The van der Waals surface area contributed by atoms with Crippen molar-refractivity contribution in [1.29, 1.82) is 0 Å². The van der Waals surface area contributed by atoms with Gasteiger partial charge in [-0.25, -0.2) is 0 Å². The maximum Gasteiger partial charge on any atom is 0.0258 e. The summed E-state index contributed by atoms with van der Waals surface area (Å²) < 4.78 is 0. The first-order valence-corrected chi connectivity index (χ1v) is 2.47. The number of hydrogen-bond acceptors (Lipinski definition) is 2. The van der Waals surface area contributed by atoms with Gasteiger partial charge in [0.05, 0.1) is 0 Å². The predicted octanol–water partition coefficient (Wildman–Crippen LogP) is 0.582. The highest BCUT2D eigenvalue weighted by atomic mass is 14.8. The zero-order chi connectivity index (χ0) is 6.57. The van der Waals surface area contributed by atoms with Gasteiger partial charge in [0.2, 0.25) is 0 Å². The molecule has 0 rings (SSSR count). The molecule has 0 fully saturated rings. The summed E-state index contributed by atoms with van der Waals surface area (Å²) in [6, 6.07) is 0. The lowest BCUT2D eigenvalue weighted by molar-refractivity contribution is 0.985. The third kappa shape index (κ3) is 3.28. The fraction of sp³-hybridized carbons (Fsp3) is 0.333. The van der Waals surface area contributed by atoms with Gasteiger partial charge < -0.3 is 11.1 Å². The summed E-state index contributed by atoms with van der Waals surface area (Å²) in [5.41, 5.74) is 6.86. The molecule has 0 aliphatic carbocycles. The van der Waals surface area contributed by atoms with E-state index in [0.29, 0.717) is 5.70 Å². The summed E-state index contributed by atoms with van der Waals surface area (Å²) >= 11 is 0. The molecule has 0 unspecified atom stereocenters. The molecule has 2 nitrogen and oxygen atoms in total. The van der Waals surface area contributed by atoms with Crippen molar-refractivity contribution < 1.29 is 0 Å². The van der Waals surface area contributed by atoms with Crippen LogP contribution in [-0.4, -0.2) is 7.05 Å². The molecular weight excluding hydrogens is 100 g/mol. The molecule has 3 N–H and O–H groups in total. The minimum Gasteiger partial charge on any atom is -0.399 e. The van der Waals surface area contributed by atoms with Crippen LogP contribution < -0.4 is 11.1 Å². The fourth-order valence-electron chi connectivity index (χ4n) is 0.350. The molecule has 0 saturated carbocycles. The van der Waals surface area contributed by atoms with Crippen LogP contribution in [0.25, 0.3) is 0 Å². The van der Waals surface area contributed by atoms with Crippen LogP contribution in [0.15, 0.2) is 24.0 Å². The Labute approximate surface area is 50.1 Å². The number of hydrogen-bond donors (Lipinski definition) is 2. The van der Waals surface area contributed by atoms with Gasteiger partial charge in [0.25, 0.3) is 0 Å². The fourth-order valence-corrected chi connectivity index (χ4v) is 0.350. The first kappa shape index (κ1) is 7.08. The van der Waals surface area contributed by atoms with Crippen LogP contribution in [0.4, 0.5) is 0 Å². The van der Waals surface area contributed by atoms with Gasteiger partial charge in [-0.1, -0.05) is 6.58 Å². The van der Waals surface area contributed by atoms with Crippen LogP contribution in [-0.2, 0) is 0 Å². The summed E-state index contributed by atoms with van der Waals surface area (Å²) in [6.45, 7) is 5.43. The van der Waals surface area contributed by atoms with E-state index in [1.807, 2.05) is 14.0 Å². The standard InChI is InChI=1S/C6H12N2/c1-5(7)4-6(2)8-3/h4,8H,1,7H2,2-3H3/b6-4-. The van der Waals surface area contributed by atoms with Crippen molar-refractivity contribution in [3.05, 3.63) is 24.0 Å². The van der Waals surface area contributed by atoms with Crippen molar-refractivity contribution in [3.8, 4) is 0 Å². The molecule has 0 heterocycles.